The van der Waals surface area contributed by atoms with Gasteiger partial charge in [0.05, 0.1) is 5.75 Å². The maximum atomic E-state index is 12.6. The highest BCUT2D eigenvalue weighted by Gasteiger charge is 2.40. The molecule has 6 heteroatoms. The van der Waals surface area contributed by atoms with Gasteiger partial charge in [0.15, 0.2) is 0 Å². The van der Waals surface area contributed by atoms with Crippen molar-refractivity contribution in [1.82, 2.24) is 4.90 Å². The number of nitrogens with two attached hydrogens (primary N) is 1. The third-order valence-electron chi connectivity index (χ3n) is 4.04. The fraction of sp³-hybridized carbons (Fsp3) is 0.923. The summed E-state index contributed by atoms with van der Waals surface area (Å²) in [6, 6.07) is 0.146. The van der Waals surface area contributed by atoms with Crippen LogP contribution in [0.1, 0.15) is 39.0 Å². The van der Waals surface area contributed by atoms with Crippen LogP contribution in [0.2, 0.25) is 0 Å². The van der Waals surface area contributed by atoms with E-state index in [-0.39, 0.29) is 35.7 Å². The average Bonchev–Trinajstić information content (AvgIpc) is 2.97. The molecule has 5 nitrogen and oxygen atoms in total. The molecule has 0 aromatic carbocycles. The minimum atomic E-state index is -3.06. The summed E-state index contributed by atoms with van der Waals surface area (Å²) in [6.07, 6.45) is 5.71. The molecule has 3 unspecified atom stereocenters. The lowest BCUT2D eigenvalue weighted by Gasteiger charge is -2.31. The number of hydrogen-bond acceptors (Lipinski definition) is 4. The first-order chi connectivity index (χ1) is 8.78. The van der Waals surface area contributed by atoms with Crippen molar-refractivity contribution in [2.24, 2.45) is 11.7 Å². The summed E-state index contributed by atoms with van der Waals surface area (Å²) in [4.78, 5) is 14.4. The van der Waals surface area contributed by atoms with E-state index in [1.54, 1.807) is 0 Å². The van der Waals surface area contributed by atoms with Gasteiger partial charge in [-0.1, -0.05) is 0 Å². The molecule has 0 heterocycles. The van der Waals surface area contributed by atoms with Crippen LogP contribution in [0.4, 0.5) is 0 Å². The summed E-state index contributed by atoms with van der Waals surface area (Å²) in [5, 5.41) is 0. The van der Waals surface area contributed by atoms with Gasteiger partial charge in [-0.25, -0.2) is 8.42 Å². The molecule has 2 rings (SSSR count). The Balaban J connectivity index is 2.05. The standard InChI is InChI=1S/C13H24N2O3S/c1-9(8-19(2,17)18)15(12-5-6-12)13(16)10-3-4-11(14)7-10/h9-12H,3-8,14H2,1-2H3. The molecule has 2 N–H and O–H groups in total. The molecule has 0 spiro atoms. The highest BCUT2D eigenvalue weighted by molar-refractivity contribution is 7.90. The largest absolute Gasteiger partial charge is 0.336 e. The van der Waals surface area contributed by atoms with Crippen LogP contribution in [0.5, 0.6) is 0 Å². The molecule has 19 heavy (non-hydrogen) atoms. The topological polar surface area (TPSA) is 80.5 Å². The van der Waals surface area contributed by atoms with E-state index in [2.05, 4.69) is 0 Å². The first-order valence-corrected chi connectivity index (χ1v) is 9.09. The highest BCUT2D eigenvalue weighted by atomic mass is 32.2. The minimum absolute atomic E-state index is 0.00221. The van der Waals surface area contributed by atoms with Gasteiger partial charge in [0.1, 0.15) is 9.84 Å². The molecular weight excluding hydrogens is 264 g/mol. The van der Waals surface area contributed by atoms with Gasteiger partial charge in [0, 0.05) is 30.3 Å². The number of amides is 1. The SMILES string of the molecule is CC(CS(C)(=O)=O)N(C(=O)C1CCC(N)C1)C1CC1. The molecule has 3 atom stereocenters. The van der Waals surface area contributed by atoms with E-state index in [1.807, 2.05) is 11.8 Å². The average molecular weight is 288 g/mol. The lowest BCUT2D eigenvalue weighted by Crippen LogP contribution is -2.46. The molecule has 2 aliphatic carbocycles. The van der Waals surface area contributed by atoms with Crippen LogP contribution in [0, 0.1) is 5.92 Å². The third-order valence-corrected chi connectivity index (χ3v) is 5.12. The second-order valence-corrected chi connectivity index (χ2v) is 8.37. The summed E-state index contributed by atoms with van der Waals surface area (Å²) in [7, 11) is -3.06. The van der Waals surface area contributed by atoms with Crippen molar-refractivity contribution in [2.45, 2.75) is 57.2 Å². The molecule has 0 aliphatic heterocycles. The Hall–Kier alpha value is -0.620. The molecule has 0 aromatic heterocycles. The Morgan fingerprint density at radius 3 is 2.37 bits per heavy atom. The molecule has 2 saturated carbocycles. The second kappa shape index (κ2) is 5.40. The molecule has 2 aliphatic rings. The van der Waals surface area contributed by atoms with Gasteiger partial charge in [-0.3, -0.25) is 4.79 Å². The predicted molar refractivity (Wildman–Crippen MR) is 74.4 cm³/mol. The summed E-state index contributed by atoms with van der Waals surface area (Å²) in [5.41, 5.74) is 5.87. The number of hydrogen-bond donors (Lipinski definition) is 1. The summed E-state index contributed by atoms with van der Waals surface area (Å²) in [5.74, 6) is 0.165. The zero-order valence-corrected chi connectivity index (χ0v) is 12.5. The maximum absolute atomic E-state index is 12.6. The van der Waals surface area contributed by atoms with Crippen molar-refractivity contribution >= 4 is 15.7 Å². The van der Waals surface area contributed by atoms with E-state index >= 15 is 0 Å². The van der Waals surface area contributed by atoms with Crippen molar-refractivity contribution in [3.8, 4) is 0 Å². The minimum Gasteiger partial charge on any atom is -0.336 e. The van der Waals surface area contributed by atoms with Crippen molar-refractivity contribution in [2.75, 3.05) is 12.0 Å². The lowest BCUT2D eigenvalue weighted by molar-refractivity contribution is -0.137. The van der Waals surface area contributed by atoms with Crippen LogP contribution in [0.25, 0.3) is 0 Å². The molecule has 0 bridgehead atoms. The van der Waals surface area contributed by atoms with E-state index in [4.69, 9.17) is 5.73 Å². The quantitative estimate of drug-likeness (QED) is 0.800. The lowest BCUT2D eigenvalue weighted by atomic mass is 10.1. The van der Waals surface area contributed by atoms with Crippen LogP contribution < -0.4 is 5.73 Å². The first-order valence-electron chi connectivity index (χ1n) is 7.03. The molecule has 1 amide bonds. The molecule has 0 saturated heterocycles. The molecule has 0 aromatic rings. The van der Waals surface area contributed by atoms with E-state index in [0.29, 0.717) is 0 Å². The monoisotopic (exact) mass is 288 g/mol. The summed E-state index contributed by atoms with van der Waals surface area (Å²) >= 11 is 0. The van der Waals surface area contributed by atoms with E-state index in [0.717, 1.165) is 32.1 Å². The van der Waals surface area contributed by atoms with Crippen LogP contribution in [0.3, 0.4) is 0 Å². The first kappa shape index (κ1) is 14.8. The predicted octanol–water partition coefficient (Wildman–Crippen LogP) is 0.538. The molecule has 110 valence electrons. The number of nitrogens with zero attached hydrogens (tertiary/aromatic N) is 1. The van der Waals surface area contributed by atoms with Crippen LogP contribution in [0.15, 0.2) is 0 Å². The van der Waals surface area contributed by atoms with Gasteiger partial charge in [-0.15, -0.1) is 0 Å². The van der Waals surface area contributed by atoms with Gasteiger partial charge >= 0.3 is 0 Å². The third kappa shape index (κ3) is 3.92. The summed E-state index contributed by atoms with van der Waals surface area (Å²) < 4.78 is 22.9. The normalized spacial score (nSPS) is 29.2. The fourth-order valence-electron chi connectivity index (χ4n) is 3.08. The van der Waals surface area contributed by atoms with E-state index in [1.165, 1.54) is 6.26 Å². The smallest absolute Gasteiger partial charge is 0.226 e. The number of carbonyl (C=O) groups excluding carboxylic acids is 1. The van der Waals surface area contributed by atoms with E-state index < -0.39 is 9.84 Å². The van der Waals surface area contributed by atoms with Gasteiger partial charge in [-0.2, -0.15) is 0 Å². The van der Waals surface area contributed by atoms with Crippen molar-refractivity contribution < 1.29 is 13.2 Å². The molecule has 2 fully saturated rings. The number of carbonyl (C=O) groups is 1. The Kier molecular flexibility index (Phi) is 4.20. The van der Waals surface area contributed by atoms with Crippen molar-refractivity contribution in [1.29, 1.82) is 0 Å². The van der Waals surface area contributed by atoms with Gasteiger partial charge in [0.2, 0.25) is 5.91 Å². The maximum Gasteiger partial charge on any atom is 0.226 e. The van der Waals surface area contributed by atoms with Gasteiger partial charge in [0.25, 0.3) is 0 Å². The number of rotatable bonds is 5. The molecule has 0 radical (unpaired) electrons. The van der Waals surface area contributed by atoms with Crippen molar-refractivity contribution in [3.05, 3.63) is 0 Å². The Bertz CT molecular complexity index is 445. The van der Waals surface area contributed by atoms with Crippen LogP contribution in [-0.4, -0.2) is 49.4 Å². The number of sulfone groups is 1. The summed E-state index contributed by atoms with van der Waals surface area (Å²) in [6.45, 7) is 1.84. The zero-order valence-electron chi connectivity index (χ0n) is 11.7. The van der Waals surface area contributed by atoms with Gasteiger partial charge < -0.3 is 10.6 Å². The Labute approximate surface area is 115 Å². The van der Waals surface area contributed by atoms with Crippen LogP contribution in [-0.2, 0) is 14.6 Å². The van der Waals surface area contributed by atoms with E-state index in [9.17, 15) is 13.2 Å². The zero-order chi connectivity index (χ0) is 14.2. The molecular formula is C13H24N2O3S. The second-order valence-electron chi connectivity index (χ2n) is 6.19. The Morgan fingerprint density at radius 1 is 1.32 bits per heavy atom. The Morgan fingerprint density at radius 2 is 1.95 bits per heavy atom. The van der Waals surface area contributed by atoms with Gasteiger partial charge in [-0.05, 0) is 39.0 Å². The van der Waals surface area contributed by atoms with Crippen LogP contribution >= 0.6 is 0 Å². The fourth-order valence-corrected chi connectivity index (χ4v) is 4.12. The van der Waals surface area contributed by atoms with Crippen molar-refractivity contribution in [3.63, 3.8) is 0 Å². The highest BCUT2D eigenvalue weighted by Crippen LogP contribution is 2.34.